The number of aryl methyl sites for hydroxylation is 2. The zero-order valence-corrected chi connectivity index (χ0v) is 28.7. The molecule has 0 saturated heterocycles. The van der Waals surface area contributed by atoms with Crippen LogP contribution in [0.1, 0.15) is 11.1 Å². The number of fused-ring (bicyclic) bond motifs is 3. The molecule has 0 amide bonds. The van der Waals surface area contributed by atoms with Crippen LogP contribution in [0.4, 0.5) is 17.2 Å². The van der Waals surface area contributed by atoms with Gasteiger partial charge in [0, 0.05) is 43.7 Å². The van der Waals surface area contributed by atoms with Crippen molar-refractivity contribution in [3.8, 4) is 33.8 Å². The Labute approximate surface area is 294 Å². The summed E-state index contributed by atoms with van der Waals surface area (Å²) in [7, 11) is 0. The number of nitrogens with zero attached hydrogens (tertiary/aromatic N) is 4. The minimum Gasteiger partial charge on any atom is -0.506 e. The van der Waals surface area contributed by atoms with E-state index in [0.29, 0.717) is 5.69 Å². The van der Waals surface area contributed by atoms with Gasteiger partial charge in [0.2, 0.25) is 0 Å². The molecule has 0 aliphatic rings. The molecule has 236 valence electrons. The molecular weight excluding hydrogens is 772 g/mol. The Morgan fingerprint density at radius 3 is 2.23 bits per heavy atom. The molecule has 0 saturated carbocycles. The summed E-state index contributed by atoms with van der Waals surface area (Å²) < 4.78 is 2.03. The van der Waals surface area contributed by atoms with Gasteiger partial charge in [0.05, 0.1) is 11.2 Å². The van der Waals surface area contributed by atoms with Crippen molar-refractivity contribution in [1.29, 1.82) is 0 Å². The Bertz CT molecular complexity index is 2400. The summed E-state index contributed by atoms with van der Waals surface area (Å²) in [5, 5.41) is 13.0. The largest absolute Gasteiger partial charge is 0.506 e. The average Bonchev–Trinajstić information content (AvgIpc) is 3.43. The molecule has 0 aliphatic heterocycles. The van der Waals surface area contributed by atoms with Crippen LogP contribution in [0.2, 0.25) is 0 Å². The van der Waals surface area contributed by atoms with Gasteiger partial charge >= 0.3 is 0 Å². The van der Waals surface area contributed by atoms with Crippen molar-refractivity contribution >= 4 is 39.1 Å². The SMILES string of the molecule is Cc1cccc(C)c1-c1ccnc(N(c2[c-]c(-c3ccc4c5ccccc5n(-c5ccccc5O)c4n3)ccc2)c2ccccc2)c1.[Pt]. The fraction of sp³-hybridized carbons (Fsp3) is 0.0476. The fourth-order valence-electron chi connectivity index (χ4n) is 6.56. The molecule has 3 heterocycles. The van der Waals surface area contributed by atoms with E-state index in [-0.39, 0.29) is 26.8 Å². The van der Waals surface area contributed by atoms with E-state index in [1.807, 2.05) is 77.5 Å². The van der Waals surface area contributed by atoms with Crippen molar-refractivity contribution in [2.24, 2.45) is 0 Å². The number of hydrogen-bond donors (Lipinski definition) is 1. The number of hydrogen-bond acceptors (Lipinski definition) is 4. The third kappa shape index (κ3) is 5.46. The Morgan fingerprint density at radius 1 is 0.688 bits per heavy atom. The molecule has 0 bridgehead atoms. The number of phenols is 1. The predicted octanol–water partition coefficient (Wildman–Crippen LogP) is 10.5. The standard InChI is InChI=1S/C42H31N4O.Pt/c1-28-12-10-13-29(2)41(28)31-24-25-43-40(27-31)45(32-15-4-3-5-16-32)33-17-11-14-30(26-33)36-23-22-35-34-18-6-7-19-37(34)46(42(35)44-36)38-20-8-9-21-39(38)47;/h3-25,27,47H,1-2H3;/q-1;. The summed E-state index contributed by atoms with van der Waals surface area (Å²) in [6.45, 7) is 4.30. The monoisotopic (exact) mass is 802 g/mol. The molecule has 0 spiro atoms. The van der Waals surface area contributed by atoms with Crippen LogP contribution in [0.3, 0.4) is 0 Å². The number of anilines is 3. The number of aromatic nitrogens is 3. The molecule has 1 N–H and O–H groups in total. The van der Waals surface area contributed by atoms with Gasteiger partial charge in [-0.1, -0.05) is 78.9 Å². The normalized spacial score (nSPS) is 11.0. The van der Waals surface area contributed by atoms with Crippen molar-refractivity contribution in [3.05, 3.63) is 163 Å². The molecule has 0 radical (unpaired) electrons. The predicted molar refractivity (Wildman–Crippen MR) is 192 cm³/mol. The van der Waals surface area contributed by atoms with E-state index < -0.39 is 0 Å². The number of aromatic hydroxyl groups is 1. The van der Waals surface area contributed by atoms with Gasteiger partial charge in [0.15, 0.2) is 0 Å². The smallest absolute Gasteiger partial charge is 0.139 e. The summed E-state index contributed by atoms with van der Waals surface area (Å²) in [6.07, 6.45) is 1.88. The van der Waals surface area contributed by atoms with E-state index >= 15 is 0 Å². The van der Waals surface area contributed by atoms with Gasteiger partial charge in [-0.25, -0.2) is 4.98 Å². The Morgan fingerprint density at radius 2 is 1.42 bits per heavy atom. The molecule has 8 aromatic rings. The third-order valence-corrected chi connectivity index (χ3v) is 8.70. The van der Waals surface area contributed by atoms with Crippen LogP contribution < -0.4 is 4.90 Å². The number of rotatable bonds is 6. The Balaban J connectivity index is 0.00000364. The van der Waals surface area contributed by atoms with Crippen LogP contribution >= 0.6 is 0 Å². The summed E-state index contributed by atoms with van der Waals surface area (Å²) >= 11 is 0. The third-order valence-electron chi connectivity index (χ3n) is 8.70. The first-order valence-electron chi connectivity index (χ1n) is 15.7. The van der Waals surface area contributed by atoms with Crippen molar-refractivity contribution in [2.75, 3.05) is 4.90 Å². The number of pyridine rings is 2. The van der Waals surface area contributed by atoms with E-state index in [4.69, 9.17) is 9.97 Å². The Hall–Kier alpha value is -5.51. The number of benzene rings is 5. The molecule has 0 atom stereocenters. The number of phenolic OH excluding ortho intramolecular Hbond substituents is 1. The van der Waals surface area contributed by atoms with Gasteiger partial charge in [0.25, 0.3) is 0 Å². The van der Waals surface area contributed by atoms with Crippen molar-refractivity contribution < 1.29 is 26.2 Å². The van der Waals surface area contributed by atoms with E-state index in [1.54, 1.807) is 6.07 Å². The van der Waals surface area contributed by atoms with E-state index in [1.165, 1.54) is 16.7 Å². The number of para-hydroxylation sites is 4. The summed E-state index contributed by atoms with van der Waals surface area (Å²) in [4.78, 5) is 12.2. The molecule has 8 rings (SSSR count). The average molecular weight is 803 g/mol. The topological polar surface area (TPSA) is 54.2 Å². The van der Waals surface area contributed by atoms with Crippen LogP contribution in [0.25, 0.3) is 50.0 Å². The van der Waals surface area contributed by atoms with Gasteiger partial charge in [-0.3, -0.25) is 9.55 Å². The second kappa shape index (κ2) is 12.9. The summed E-state index contributed by atoms with van der Waals surface area (Å²) in [6, 6.07) is 50.4. The fourth-order valence-corrected chi connectivity index (χ4v) is 6.56. The maximum Gasteiger partial charge on any atom is 0.139 e. The summed E-state index contributed by atoms with van der Waals surface area (Å²) in [5.41, 5.74) is 10.7. The first-order valence-corrected chi connectivity index (χ1v) is 15.7. The zero-order chi connectivity index (χ0) is 31.9. The summed E-state index contributed by atoms with van der Waals surface area (Å²) in [5.74, 6) is 0.998. The van der Waals surface area contributed by atoms with Crippen LogP contribution in [-0.2, 0) is 21.1 Å². The molecule has 5 nitrogen and oxygen atoms in total. The molecule has 3 aromatic heterocycles. The molecule has 0 fully saturated rings. The minimum absolute atomic E-state index is 0. The molecular formula is C42H31N4OPt-. The zero-order valence-electron chi connectivity index (χ0n) is 26.4. The molecule has 0 unspecified atom stereocenters. The van der Waals surface area contributed by atoms with Crippen molar-refractivity contribution in [1.82, 2.24) is 14.5 Å². The quantitative estimate of drug-likeness (QED) is 0.170. The Kier molecular flexibility index (Phi) is 8.39. The van der Waals surface area contributed by atoms with Gasteiger partial charge in [0.1, 0.15) is 17.2 Å². The van der Waals surface area contributed by atoms with Gasteiger partial charge in [-0.2, -0.15) is 0 Å². The van der Waals surface area contributed by atoms with Crippen LogP contribution in [-0.4, -0.2) is 19.6 Å². The first-order chi connectivity index (χ1) is 23.1. The second-order valence-corrected chi connectivity index (χ2v) is 11.7. The van der Waals surface area contributed by atoms with E-state index in [9.17, 15) is 5.11 Å². The minimum atomic E-state index is 0. The molecule has 6 heteroatoms. The van der Waals surface area contributed by atoms with Crippen molar-refractivity contribution in [3.63, 3.8) is 0 Å². The molecule has 0 aliphatic carbocycles. The molecule has 5 aromatic carbocycles. The van der Waals surface area contributed by atoms with E-state index in [2.05, 4.69) is 91.5 Å². The van der Waals surface area contributed by atoms with E-state index in [0.717, 1.165) is 55.9 Å². The van der Waals surface area contributed by atoms with Crippen molar-refractivity contribution in [2.45, 2.75) is 13.8 Å². The maximum absolute atomic E-state index is 10.9. The first kappa shape index (κ1) is 31.1. The van der Waals surface area contributed by atoms with Crippen LogP contribution in [0.15, 0.2) is 146 Å². The molecule has 48 heavy (non-hydrogen) atoms. The van der Waals surface area contributed by atoms with Crippen LogP contribution in [0, 0.1) is 19.9 Å². The van der Waals surface area contributed by atoms with Gasteiger partial charge in [-0.15, -0.1) is 29.8 Å². The van der Waals surface area contributed by atoms with Gasteiger partial charge in [-0.05, 0) is 89.9 Å². The maximum atomic E-state index is 10.9. The second-order valence-electron chi connectivity index (χ2n) is 11.7. The van der Waals surface area contributed by atoms with Crippen LogP contribution in [0.5, 0.6) is 5.75 Å². The van der Waals surface area contributed by atoms with Gasteiger partial charge < -0.3 is 10.0 Å².